The van der Waals surface area contributed by atoms with E-state index in [1.165, 1.54) is 44.9 Å². The highest BCUT2D eigenvalue weighted by molar-refractivity contribution is 4.87. The minimum Gasteiger partial charge on any atom is -0.391 e. The molecule has 0 aliphatic heterocycles. The van der Waals surface area contributed by atoms with Gasteiger partial charge in [-0.25, -0.2) is 0 Å². The van der Waals surface area contributed by atoms with Crippen molar-refractivity contribution in [2.45, 2.75) is 76.5 Å². The molecule has 4 atom stereocenters. The highest BCUT2D eigenvalue weighted by atomic mass is 16.3. The maximum absolute atomic E-state index is 10.2. The van der Waals surface area contributed by atoms with Crippen molar-refractivity contribution in [3.8, 4) is 0 Å². The van der Waals surface area contributed by atoms with Crippen LogP contribution in [0.1, 0.15) is 58.3 Å². The summed E-state index contributed by atoms with van der Waals surface area (Å²) in [5, 5.41) is 13.8. The van der Waals surface area contributed by atoms with Crippen molar-refractivity contribution < 1.29 is 5.11 Å². The zero-order chi connectivity index (χ0) is 13.7. The topological polar surface area (TPSA) is 35.5 Å². The SMILES string of the molecule is CCNC1CCCCC1CN(C)C1CCCCC1O. The van der Waals surface area contributed by atoms with Crippen molar-refractivity contribution in [2.75, 3.05) is 20.1 Å². The fourth-order valence-electron chi connectivity index (χ4n) is 4.07. The molecule has 2 fully saturated rings. The van der Waals surface area contributed by atoms with Gasteiger partial charge in [0.15, 0.2) is 0 Å². The lowest BCUT2D eigenvalue weighted by molar-refractivity contribution is 0.0201. The van der Waals surface area contributed by atoms with E-state index < -0.39 is 0 Å². The van der Waals surface area contributed by atoms with Crippen LogP contribution in [0.5, 0.6) is 0 Å². The molecule has 0 aromatic heterocycles. The van der Waals surface area contributed by atoms with E-state index in [1.807, 2.05) is 0 Å². The van der Waals surface area contributed by atoms with Crippen LogP contribution in [0.15, 0.2) is 0 Å². The average Bonchev–Trinajstić information content (AvgIpc) is 2.41. The van der Waals surface area contributed by atoms with Gasteiger partial charge in [-0.2, -0.15) is 0 Å². The van der Waals surface area contributed by atoms with Gasteiger partial charge in [-0.05, 0) is 45.2 Å². The van der Waals surface area contributed by atoms with Gasteiger partial charge in [0.1, 0.15) is 0 Å². The Hall–Kier alpha value is -0.120. The molecule has 3 heteroatoms. The second-order valence-corrected chi connectivity index (χ2v) is 6.57. The molecular formula is C16H32N2O. The molecule has 2 saturated carbocycles. The second kappa shape index (κ2) is 7.61. The smallest absolute Gasteiger partial charge is 0.0695 e. The first-order valence-corrected chi connectivity index (χ1v) is 8.34. The normalized spacial score (nSPS) is 36.6. The van der Waals surface area contributed by atoms with Crippen LogP contribution in [0, 0.1) is 5.92 Å². The van der Waals surface area contributed by atoms with Crippen LogP contribution < -0.4 is 5.32 Å². The number of likely N-dealkylation sites (N-methyl/N-ethyl adjacent to an activating group) is 1. The maximum atomic E-state index is 10.2. The number of rotatable bonds is 5. The predicted octanol–water partition coefficient (Wildman–Crippen LogP) is 2.39. The van der Waals surface area contributed by atoms with Crippen LogP contribution in [0.3, 0.4) is 0 Å². The number of hydrogen-bond donors (Lipinski definition) is 2. The van der Waals surface area contributed by atoms with Crippen molar-refractivity contribution in [3.05, 3.63) is 0 Å². The van der Waals surface area contributed by atoms with E-state index in [2.05, 4.69) is 24.2 Å². The first-order chi connectivity index (χ1) is 9.22. The number of nitrogens with zero attached hydrogens (tertiary/aromatic N) is 1. The van der Waals surface area contributed by atoms with Gasteiger partial charge in [0.05, 0.1) is 6.10 Å². The first-order valence-electron chi connectivity index (χ1n) is 8.34. The van der Waals surface area contributed by atoms with Gasteiger partial charge < -0.3 is 15.3 Å². The third-order valence-electron chi connectivity index (χ3n) is 5.16. The standard InChI is InChI=1S/C16H32N2O/c1-3-17-14-9-5-4-8-13(14)12-18(2)15-10-6-7-11-16(15)19/h13-17,19H,3-12H2,1-2H3. The quantitative estimate of drug-likeness (QED) is 0.803. The Bertz CT molecular complexity index is 257. The lowest BCUT2D eigenvalue weighted by atomic mass is 9.83. The van der Waals surface area contributed by atoms with Crippen molar-refractivity contribution in [3.63, 3.8) is 0 Å². The van der Waals surface area contributed by atoms with Crippen LogP contribution in [0.4, 0.5) is 0 Å². The minimum absolute atomic E-state index is 0.0973. The van der Waals surface area contributed by atoms with Gasteiger partial charge >= 0.3 is 0 Å². The molecule has 0 bridgehead atoms. The molecule has 2 aliphatic rings. The molecule has 0 amide bonds. The third kappa shape index (κ3) is 4.17. The third-order valence-corrected chi connectivity index (χ3v) is 5.16. The molecule has 4 unspecified atom stereocenters. The Labute approximate surface area is 118 Å². The molecule has 19 heavy (non-hydrogen) atoms. The molecule has 2 rings (SSSR count). The van der Waals surface area contributed by atoms with Crippen LogP contribution in [-0.4, -0.2) is 48.3 Å². The summed E-state index contributed by atoms with van der Waals surface area (Å²) >= 11 is 0. The summed E-state index contributed by atoms with van der Waals surface area (Å²) < 4.78 is 0. The largest absolute Gasteiger partial charge is 0.391 e. The van der Waals surface area contributed by atoms with E-state index in [4.69, 9.17) is 0 Å². The number of hydrogen-bond acceptors (Lipinski definition) is 3. The van der Waals surface area contributed by atoms with Crippen molar-refractivity contribution >= 4 is 0 Å². The molecule has 112 valence electrons. The summed E-state index contributed by atoms with van der Waals surface area (Å²) in [4.78, 5) is 2.45. The number of nitrogens with one attached hydrogen (secondary N) is 1. The van der Waals surface area contributed by atoms with Crippen LogP contribution in [0.25, 0.3) is 0 Å². The lowest BCUT2D eigenvalue weighted by Crippen LogP contribution is -2.49. The van der Waals surface area contributed by atoms with Gasteiger partial charge in [-0.3, -0.25) is 0 Å². The Kier molecular flexibility index (Phi) is 6.11. The minimum atomic E-state index is -0.0973. The molecule has 0 aromatic rings. The molecule has 3 nitrogen and oxygen atoms in total. The van der Waals surface area contributed by atoms with Crippen LogP contribution >= 0.6 is 0 Å². The van der Waals surface area contributed by atoms with Crippen molar-refractivity contribution in [1.82, 2.24) is 10.2 Å². The predicted molar refractivity (Wildman–Crippen MR) is 80.3 cm³/mol. The Balaban J connectivity index is 1.86. The van der Waals surface area contributed by atoms with E-state index in [0.717, 1.165) is 25.4 Å². The van der Waals surface area contributed by atoms with Crippen molar-refractivity contribution in [2.24, 2.45) is 5.92 Å². The molecule has 2 N–H and O–H groups in total. The summed E-state index contributed by atoms with van der Waals surface area (Å²) in [6.45, 7) is 4.44. The van der Waals surface area contributed by atoms with E-state index in [1.54, 1.807) is 0 Å². The van der Waals surface area contributed by atoms with Crippen LogP contribution in [0.2, 0.25) is 0 Å². The van der Waals surface area contributed by atoms with Gasteiger partial charge in [0, 0.05) is 18.6 Å². The highest BCUT2D eigenvalue weighted by Crippen LogP contribution is 2.28. The van der Waals surface area contributed by atoms with Gasteiger partial charge in [0.2, 0.25) is 0 Å². The lowest BCUT2D eigenvalue weighted by Gasteiger charge is -2.40. The highest BCUT2D eigenvalue weighted by Gasteiger charge is 2.31. The fourth-order valence-corrected chi connectivity index (χ4v) is 4.07. The summed E-state index contributed by atoms with van der Waals surface area (Å²) in [5.74, 6) is 0.771. The molecule has 0 heterocycles. The molecule has 0 spiro atoms. The Morgan fingerprint density at radius 2 is 1.74 bits per heavy atom. The Morgan fingerprint density at radius 1 is 1.05 bits per heavy atom. The molecule has 0 aromatic carbocycles. The molecular weight excluding hydrogens is 236 g/mol. The molecule has 2 aliphatic carbocycles. The van der Waals surface area contributed by atoms with E-state index in [0.29, 0.717) is 12.1 Å². The summed E-state index contributed by atoms with van der Waals surface area (Å²) in [7, 11) is 2.22. The zero-order valence-electron chi connectivity index (χ0n) is 12.8. The molecule has 0 saturated heterocycles. The summed E-state index contributed by atoms with van der Waals surface area (Å²) in [6, 6.07) is 1.10. The van der Waals surface area contributed by atoms with Crippen molar-refractivity contribution in [1.29, 1.82) is 0 Å². The monoisotopic (exact) mass is 268 g/mol. The first kappa shape index (κ1) is 15.3. The summed E-state index contributed by atoms with van der Waals surface area (Å²) in [6.07, 6.45) is 10.0. The Morgan fingerprint density at radius 3 is 2.47 bits per heavy atom. The fraction of sp³-hybridized carbons (Fsp3) is 1.00. The van der Waals surface area contributed by atoms with Gasteiger partial charge in [-0.15, -0.1) is 0 Å². The summed E-state index contributed by atoms with van der Waals surface area (Å²) in [5.41, 5.74) is 0. The maximum Gasteiger partial charge on any atom is 0.0695 e. The number of aliphatic hydroxyl groups excluding tert-OH is 1. The average molecular weight is 268 g/mol. The van der Waals surface area contributed by atoms with Crippen LogP contribution in [-0.2, 0) is 0 Å². The van der Waals surface area contributed by atoms with Gasteiger partial charge in [0.25, 0.3) is 0 Å². The van der Waals surface area contributed by atoms with E-state index >= 15 is 0 Å². The van der Waals surface area contributed by atoms with E-state index in [9.17, 15) is 5.11 Å². The number of aliphatic hydroxyl groups is 1. The van der Waals surface area contributed by atoms with Gasteiger partial charge in [-0.1, -0.05) is 32.6 Å². The zero-order valence-corrected chi connectivity index (χ0v) is 12.8. The second-order valence-electron chi connectivity index (χ2n) is 6.57. The van der Waals surface area contributed by atoms with E-state index in [-0.39, 0.29) is 6.10 Å². The molecule has 0 radical (unpaired) electrons.